The maximum Gasteiger partial charge on any atom is 0.151 e. The van der Waals surface area contributed by atoms with E-state index in [2.05, 4.69) is 18.7 Å². The van der Waals surface area contributed by atoms with Gasteiger partial charge in [-0.3, -0.25) is 9.69 Å². The van der Waals surface area contributed by atoms with E-state index < -0.39 is 0 Å². The zero-order valence-corrected chi connectivity index (χ0v) is 11.7. The van der Waals surface area contributed by atoms with E-state index in [-0.39, 0.29) is 18.0 Å². The summed E-state index contributed by atoms with van der Waals surface area (Å²) >= 11 is 0. The first kappa shape index (κ1) is 14.2. The van der Waals surface area contributed by atoms with Crippen LogP contribution in [0.25, 0.3) is 0 Å². The number of likely N-dealkylation sites (tertiary alicyclic amines) is 1. The average molecular weight is 263 g/mol. The summed E-state index contributed by atoms with van der Waals surface area (Å²) in [5.41, 5.74) is 0.504. The summed E-state index contributed by atoms with van der Waals surface area (Å²) in [7, 11) is 0. The molecule has 0 N–H and O–H groups in total. The topological polar surface area (TPSA) is 20.3 Å². The van der Waals surface area contributed by atoms with E-state index in [9.17, 15) is 9.18 Å². The molecule has 2 nitrogen and oxygen atoms in total. The van der Waals surface area contributed by atoms with E-state index in [4.69, 9.17) is 0 Å². The van der Waals surface area contributed by atoms with Crippen molar-refractivity contribution in [3.63, 3.8) is 0 Å². The van der Waals surface area contributed by atoms with Crippen LogP contribution in [0.15, 0.2) is 24.3 Å². The van der Waals surface area contributed by atoms with Gasteiger partial charge in [0, 0.05) is 18.5 Å². The minimum Gasteiger partial charge on any atom is -0.298 e. The average Bonchev–Trinajstić information content (AvgIpc) is 2.37. The van der Waals surface area contributed by atoms with Crippen LogP contribution in [0.2, 0.25) is 0 Å². The highest BCUT2D eigenvalue weighted by molar-refractivity contribution is 5.82. The number of benzene rings is 1. The van der Waals surface area contributed by atoms with Crippen LogP contribution in [0.1, 0.15) is 38.7 Å². The predicted octanol–water partition coefficient (Wildman–Crippen LogP) is 3.20. The second-order valence-electron chi connectivity index (χ2n) is 5.61. The maximum atomic E-state index is 13.5. The second-order valence-corrected chi connectivity index (χ2v) is 5.61. The van der Waals surface area contributed by atoms with Gasteiger partial charge in [-0.25, -0.2) is 4.39 Å². The van der Waals surface area contributed by atoms with Crippen LogP contribution in [0.5, 0.6) is 0 Å². The van der Waals surface area contributed by atoms with Crippen molar-refractivity contribution < 1.29 is 9.18 Å². The van der Waals surface area contributed by atoms with Crippen LogP contribution in [0.4, 0.5) is 4.39 Å². The standard InChI is InChI=1S/C16H22FNO/c1-12-6-5-7-13(2)18(12)11-15(19)10-14-8-3-4-9-16(14)17/h3-4,8-9,12-13H,5-7,10-11H2,1-2H3/t12-,13+. The number of hydrogen-bond donors (Lipinski definition) is 0. The summed E-state index contributed by atoms with van der Waals surface area (Å²) in [5, 5.41) is 0. The van der Waals surface area contributed by atoms with Crippen LogP contribution in [-0.2, 0) is 11.2 Å². The first-order valence-corrected chi connectivity index (χ1v) is 7.08. The highest BCUT2D eigenvalue weighted by Gasteiger charge is 2.26. The van der Waals surface area contributed by atoms with Crippen LogP contribution in [0, 0.1) is 5.82 Å². The second kappa shape index (κ2) is 6.29. The fourth-order valence-corrected chi connectivity index (χ4v) is 2.90. The molecular weight excluding hydrogens is 241 g/mol. The summed E-state index contributed by atoms with van der Waals surface area (Å²) in [6.45, 7) is 4.79. The number of piperidine rings is 1. The normalized spacial score (nSPS) is 24.4. The molecule has 0 amide bonds. The van der Waals surface area contributed by atoms with Gasteiger partial charge in [0.15, 0.2) is 5.78 Å². The fraction of sp³-hybridized carbons (Fsp3) is 0.562. The van der Waals surface area contributed by atoms with Crippen LogP contribution in [0.3, 0.4) is 0 Å². The third-order valence-corrected chi connectivity index (χ3v) is 4.08. The zero-order chi connectivity index (χ0) is 13.8. The van der Waals surface area contributed by atoms with Gasteiger partial charge in [-0.1, -0.05) is 24.6 Å². The smallest absolute Gasteiger partial charge is 0.151 e. The summed E-state index contributed by atoms with van der Waals surface area (Å²) < 4.78 is 13.5. The Labute approximate surface area is 114 Å². The van der Waals surface area contributed by atoms with Crippen molar-refractivity contribution in [3.05, 3.63) is 35.6 Å². The Morgan fingerprint density at radius 3 is 2.53 bits per heavy atom. The third-order valence-electron chi connectivity index (χ3n) is 4.08. The molecule has 1 aliphatic rings. The van der Waals surface area contributed by atoms with E-state index in [1.54, 1.807) is 18.2 Å². The molecule has 1 aromatic carbocycles. The molecule has 0 aliphatic carbocycles. The molecule has 0 saturated carbocycles. The number of ketones is 1. The fourth-order valence-electron chi connectivity index (χ4n) is 2.90. The van der Waals surface area contributed by atoms with Crippen molar-refractivity contribution in [2.75, 3.05) is 6.54 Å². The Morgan fingerprint density at radius 1 is 1.26 bits per heavy atom. The number of nitrogens with zero attached hydrogens (tertiary/aromatic N) is 1. The zero-order valence-electron chi connectivity index (χ0n) is 11.7. The van der Waals surface area contributed by atoms with Gasteiger partial charge in [0.1, 0.15) is 5.82 Å². The highest BCUT2D eigenvalue weighted by atomic mass is 19.1. The lowest BCUT2D eigenvalue weighted by Gasteiger charge is -2.38. The Hall–Kier alpha value is -1.22. The van der Waals surface area contributed by atoms with Crippen molar-refractivity contribution in [2.24, 2.45) is 0 Å². The first-order chi connectivity index (χ1) is 9.08. The molecule has 0 aromatic heterocycles. The van der Waals surface area contributed by atoms with Gasteiger partial charge in [0.2, 0.25) is 0 Å². The molecule has 1 heterocycles. The SMILES string of the molecule is C[C@@H]1CCC[C@H](C)N1CC(=O)Cc1ccccc1F. The van der Waals surface area contributed by atoms with E-state index >= 15 is 0 Å². The number of Topliss-reactive ketones (excluding diaryl/α,β-unsaturated/α-hetero) is 1. The van der Waals surface area contributed by atoms with Crippen LogP contribution < -0.4 is 0 Å². The minimum atomic E-state index is -0.282. The Balaban J connectivity index is 1.96. The van der Waals surface area contributed by atoms with Crippen LogP contribution in [-0.4, -0.2) is 29.3 Å². The lowest BCUT2D eigenvalue weighted by molar-refractivity contribution is -0.121. The molecule has 1 saturated heterocycles. The van der Waals surface area contributed by atoms with Crippen molar-refractivity contribution >= 4 is 5.78 Å². The third kappa shape index (κ3) is 3.63. The van der Waals surface area contributed by atoms with Crippen LogP contribution >= 0.6 is 0 Å². The van der Waals surface area contributed by atoms with Gasteiger partial charge in [0.05, 0.1) is 6.54 Å². The van der Waals surface area contributed by atoms with Gasteiger partial charge in [-0.2, -0.15) is 0 Å². The molecule has 19 heavy (non-hydrogen) atoms. The first-order valence-electron chi connectivity index (χ1n) is 7.08. The monoisotopic (exact) mass is 263 g/mol. The van der Waals surface area contributed by atoms with Gasteiger partial charge in [-0.05, 0) is 38.3 Å². The van der Waals surface area contributed by atoms with Crippen molar-refractivity contribution in [1.29, 1.82) is 0 Å². The van der Waals surface area contributed by atoms with E-state index in [1.807, 2.05) is 0 Å². The highest BCUT2D eigenvalue weighted by Crippen LogP contribution is 2.22. The summed E-state index contributed by atoms with van der Waals surface area (Å²) in [6.07, 6.45) is 3.73. The lowest BCUT2D eigenvalue weighted by Crippen LogP contribution is -2.46. The van der Waals surface area contributed by atoms with E-state index in [0.717, 1.165) is 12.8 Å². The van der Waals surface area contributed by atoms with Gasteiger partial charge in [-0.15, -0.1) is 0 Å². The summed E-state index contributed by atoms with van der Waals surface area (Å²) in [4.78, 5) is 14.4. The Morgan fingerprint density at radius 2 is 1.89 bits per heavy atom. The Kier molecular flexibility index (Phi) is 4.70. The predicted molar refractivity (Wildman–Crippen MR) is 74.6 cm³/mol. The maximum absolute atomic E-state index is 13.5. The van der Waals surface area contributed by atoms with E-state index in [1.165, 1.54) is 12.5 Å². The van der Waals surface area contributed by atoms with Gasteiger partial charge >= 0.3 is 0 Å². The number of rotatable bonds is 4. The number of carbonyl (C=O) groups is 1. The number of hydrogen-bond acceptors (Lipinski definition) is 2. The number of carbonyl (C=O) groups excluding carboxylic acids is 1. The minimum absolute atomic E-state index is 0.103. The van der Waals surface area contributed by atoms with Gasteiger partial charge < -0.3 is 0 Å². The number of halogens is 1. The van der Waals surface area contributed by atoms with Crippen molar-refractivity contribution in [2.45, 2.75) is 51.6 Å². The molecule has 0 spiro atoms. The molecule has 0 unspecified atom stereocenters. The molecule has 1 aliphatic heterocycles. The molecule has 0 radical (unpaired) electrons. The lowest BCUT2D eigenvalue weighted by atomic mass is 9.96. The van der Waals surface area contributed by atoms with Gasteiger partial charge in [0.25, 0.3) is 0 Å². The summed E-state index contributed by atoms with van der Waals surface area (Å²) in [5.74, 6) is -0.179. The van der Waals surface area contributed by atoms with Crippen molar-refractivity contribution in [1.82, 2.24) is 4.90 Å². The molecular formula is C16H22FNO. The Bertz CT molecular complexity index is 436. The quantitative estimate of drug-likeness (QED) is 0.831. The molecule has 2 atom stereocenters. The molecule has 1 aromatic rings. The largest absolute Gasteiger partial charge is 0.298 e. The molecule has 2 rings (SSSR count). The molecule has 0 bridgehead atoms. The van der Waals surface area contributed by atoms with E-state index in [0.29, 0.717) is 24.2 Å². The van der Waals surface area contributed by atoms with Crippen molar-refractivity contribution in [3.8, 4) is 0 Å². The molecule has 104 valence electrons. The molecule has 3 heteroatoms. The molecule has 1 fully saturated rings. The summed E-state index contributed by atoms with van der Waals surface area (Å²) in [6, 6.07) is 7.43.